The van der Waals surface area contributed by atoms with Gasteiger partial charge < -0.3 is 5.32 Å². The SMILES string of the molecule is Cc1cc(C)n2ncc(C(=O)NCc3ccc(CN4CCC(C)CC4)cc3)c2n1. The van der Waals surface area contributed by atoms with Gasteiger partial charge in [-0.2, -0.15) is 5.10 Å². The van der Waals surface area contributed by atoms with Crippen molar-refractivity contribution in [1.29, 1.82) is 0 Å². The summed E-state index contributed by atoms with van der Waals surface area (Å²) in [6.07, 6.45) is 4.18. The molecule has 1 aromatic carbocycles. The molecule has 1 fully saturated rings. The Bertz CT molecular complexity index is 1000. The first-order valence-corrected chi connectivity index (χ1v) is 10.4. The second kappa shape index (κ2) is 8.33. The van der Waals surface area contributed by atoms with Crippen molar-refractivity contribution in [3.8, 4) is 0 Å². The summed E-state index contributed by atoms with van der Waals surface area (Å²) in [5, 5.41) is 7.29. The van der Waals surface area contributed by atoms with Gasteiger partial charge in [0.15, 0.2) is 5.65 Å². The lowest BCUT2D eigenvalue weighted by molar-refractivity contribution is 0.0952. The fraction of sp³-hybridized carbons (Fsp3) is 0.435. The number of piperidine rings is 1. The number of fused-ring (bicyclic) bond motifs is 1. The van der Waals surface area contributed by atoms with Gasteiger partial charge in [-0.1, -0.05) is 31.2 Å². The van der Waals surface area contributed by atoms with Gasteiger partial charge in [0, 0.05) is 24.5 Å². The minimum absolute atomic E-state index is 0.149. The summed E-state index contributed by atoms with van der Waals surface area (Å²) in [4.78, 5) is 19.7. The fourth-order valence-electron chi connectivity index (χ4n) is 3.95. The van der Waals surface area contributed by atoms with Crippen LogP contribution in [0.15, 0.2) is 36.5 Å². The summed E-state index contributed by atoms with van der Waals surface area (Å²) < 4.78 is 1.71. The number of aromatic nitrogens is 3. The van der Waals surface area contributed by atoms with Crippen molar-refractivity contribution in [2.75, 3.05) is 13.1 Å². The Morgan fingerprint density at radius 1 is 1.14 bits per heavy atom. The molecule has 3 heterocycles. The van der Waals surface area contributed by atoms with E-state index in [4.69, 9.17) is 0 Å². The average molecular weight is 392 g/mol. The number of nitrogens with zero attached hydrogens (tertiary/aromatic N) is 4. The van der Waals surface area contributed by atoms with Crippen LogP contribution >= 0.6 is 0 Å². The van der Waals surface area contributed by atoms with Gasteiger partial charge in [-0.05, 0) is 62.9 Å². The minimum Gasteiger partial charge on any atom is -0.348 e. The smallest absolute Gasteiger partial charge is 0.257 e. The Hall–Kier alpha value is -2.73. The van der Waals surface area contributed by atoms with E-state index in [-0.39, 0.29) is 5.91 Å². The van der Waals surface area contributed by atoms with Crippen LogP contribution in [0.2, 0.25) is 0 Å². The van der Waals surface area contributed by atoms with Crippen molar-refractivity contribution in [2.24, 2.45) is 5.92 Å². The molecule has 4 rings (SSSR count). The van der Waals surface area contributed by atoms with Gasteiger partial charge in [-0.15, -0.1) is 0 Å². The first-order chi connectivity index (χ1) is 14.0. The molecule has 1 saturated heterocycles. The summed E-state index contributed by atoms with van der Waals surface area (Å²) in [6, 6.07) is 10.5. The van der Waals surface area contributed by atoms with Crippen molar-refractivity contribution in [3.05, 3.63) is 64.6 Å². The number of benzene rings is 1. The maximum atomic E-state index is 12.7. The number of hydrogen-bond donors (Lipinski definition) is 1. The van der Waals surface area contributed by atoms with Gasteiger partial charge in [0.2, 0.25) is 0 Å². The summed E-state index contributed by atoms with van der Waals surface area (Å²) in [6.45, 7) is 10.1. The highest BCUT2D eigenvalue weighted by atomic mass is 16.1. The quantitative estimate of drug-likeness (QED) is 0.723. The summed E-state index contributed by atoms with van der Waals surface area (Å²) in [5.74, 6) is 0.706. The maximum absolute atomic E-state index is 12.7. The molecule has 152 valence electrons. The zero-order valence-corrected chi connectivity index (χ0v) is 17.5. The van der Waals surface area contributed by atoms with Crippen LogP contribution in [-0.2, 0) is 13.1 Å². The number of nitrogens with one attached hydrogen (secondary N) is 1. The van der Waals surface area contributed by atoms with E-state index in [0.717, 1.165) is 29.4 Å². The summed E-state index contributed by atoms with van der Waals surface area (Å²) >= 11 is 0. The molecule has 0 spiro atoms. The predicted molar refractivity (Wildman–Crippen MR) is 114 cm³/mol. The maximum Gasteiger partial charge on any atom is 0.257 e. The third kappa shape index (κ3) is 4.48. The first-order valence-electron chi connectivity index (χ1n) is 10.4. The lowest BCUT2D eigenvalue weighted by Crippen LogP contribution is -2.32. The van der Waals surface area contributed by atoms with E-state index in [1.54, 1.807) is 10.7 Å². The number of aryl methyl sites for hydroxylation is 2. The lowest BCUT2D eigenvalue weighted by Gasteiger charge is -2.30. The van der Waals surface area contributed by atoms with Gasteiger partial charge >= 0.3 is 0 Å². The van der Waals surface area contributed by atoms with Crippen molar-refractivity contribution >= 4 is 11.6 Å². The van der Waals surface area contributed by atoms with Crippen molar-refractivity contribution < 1.29 is 4.79 Å². The van der Waals surface area contributed by atoms with Crippen LogP contribution in [-0.4, -0.2) is 38.5 Å². The van der Waals surface area contributed by atoms with Gasteiger partial charge in [-0.3, -0.25) is 9.69 Å². The van der Waals surface area contributed by atoms with Crippen LogP contribution in [0.1, 0.15) is 52.6 Å². The standard InChI is InChI=1S/C23H29N5O/c1-16-8-10-27(11-9-16)15-20-6-4-19(5-7-20)13-24-23(29)21-14-25-28-18(3)12-17(2)26-22(21)28/h4-7,12,14,16H,8-11,13,15H2,1-3H3,(H,24,29). The van der Waals surface area contributed by atoms with Gasteiger partial charge in [-0.25, -0.2) is 9.50 Å². The second-order valence-corrected chi connectivity index (χ2v) is 8.29. The molecule has 6 nitrogen and oxygen atoms in total. The highest BCUT2D eigenvalue weighted by Gasteiger charge is 2.16. The zero-order valence-electron chi connectivity index (χ0n) is 17.5. The van der Waals surface area contributed by atoms with Crippen molar-refractivity contribution in [2.45, 2.75) is 46.7 Å². The van der Waals surface area contributed by atoms with Crippen LogP contribution in [0.3, 0.4) is 0 Å². The Kier molecular flexibility index (Phi) is 5.62. The molecule has 0 bridgehead atoms. The molecule has 1 amide bonds. The summed E-state index contributed by atoms with van der Waals surface area (Å²) in [7, 11) is 0. The topological polar surface area (TPSA) is 62.5 Å². The van der Waals surface area contributed by atoms with Crippen molar-refractivity contribution in [3.63, 3.8) is 0 Å². The molecule has 0 aliphatic carbocycles. The molecule has 6 heteroatoms. The molecule has 0 atom stereocenters. The van der Waals surface area contributed by atoms with Crippen LogP contribution < -0.4 is 5.32 Å². The fourth-order valence-corrected chi connectivity index (χ4v) is 3.95. The van der Waals surface area contributed by atoms with Crippen LogP contribution in [0.4, 0.5) is 0 Å². The van der Waals surface area contributed by atoms with Gasteiger partial charge in [0.05, 0.1) is 6.20 Å². The van der Waals surface area contributed by atoms with Crippen LogP contribution in [0.25, 0.3) is 5.65 Å². The molecule has 0 radical (unpaired) electrons. The largest absolute Gasteiger partial charge is 0.348 e. The molecule has 2 aromatic heterocycles. The molecular formula is C23H29N5O. The van der Waals surface area contributed by atoms with E-state index >= 15 is 0 Å². The molecule has 0 saturated carbocycles. The van der Waals surface area contributed by atoms with Crippen LogP contribution in [0, 0.1) is 19.8 Å². The van der Waals surface area contributed by atoms with Crippen molar-refractivity contribution in [1.82, 2.24) is 24.8 Å². The van der Waals surface area contributed by atoms with E-state index < -0.39 is 0 Å². The predicted octanol–water partition coefficient (Wildman–Crippen LogP) is 3.51. The highest BCUT2D eigenvalue weighted by Crippen LogP contribution is 2.18. The molecule has 0 unspecified atom stereocenters. The van der Waals surface area contributed by atoms with Gasteiger partial charge in [0.1, 0.15) is 5.56 Å². The first kappa shape index (κ1) is 19.6. The zero-order chi connectivity index (χ0) is 20.4. The number of rotatable bonds is 5. The van der Waals surface area contributed by atoms with Gasteiger partial charge in [0.25, 0.3) is 5.91 Å². The number of amides is 1. The van der Waals surface area contributed by atoms with Crippen LogP contribution in [0.5, 0.6) is 0 Å². The second-order valence-electron chi connectivity index (χ2n) is 8.29. The molecule has 1 aliphatic heterocycles. The highest BCUT2D eigenvalue weighted by molar-refractivity contribution is 5.99. The number of likely N-dealkylation sites (tertiary alicyclic amines) is 1. The molecule has 1 aliphatic rings. The van der Waals surface area contributed by atoms with E-state index in [2.05, 4.69) is 51.5 Å². The van der Waals surface area contributed by atoms with E-state index in [1.807, 2.05) is 19.9 Å². The van der Waals surface area contributed by atoms with E-state index in [1.165, 1.54) is 31.5 Å². The normalized spacial score (nSPS) is 15.7. The third-order valence-electron chi connectivity index (χ3n) is 5.78. The Balaban J connectivity index is 1.36. The Morgan fingerprint density at radius 2 is 1.83 bits per heavy atom. The molecular weight excluding hydrogens is 362 g/mol. The molecule has 1 N–H and O–H groups in total. The monoisotopic (exact) mass is 391 g/mol. The van der Waals surface area contributed by atoms with E-state index in [0.29, 0.717) is 17.8 Å². The molecule has 3 aromatic rings. The lowest BCUT2D eigenvalue weighted by atomic mass is 9.99. The number of carbonyl (C=O) groups is 1. The Morgan fingerprint density at radius 3 is 2.55 bits per heavy atom. The molecule has 29 heavy (non-hydrogen) atoms. The third-order valence-corrected chi connectivity index (χ3v) is 5.78. The minimum atomic E-state index is -0.149. The average Bonchev–Trinajstić information content (AvgIpc) is 3.13. The van der Waals surface area contributed by atoms with E-state index in [9.17, 15) is 4.79 Å². The summed E-state index contributed by atoms with van der Waals surface area (Å²) in [5.41, 5.74) is 5.37. The number of hydrogen-bond acceptors (Lipinski definition) is 4. The number of carbonyl (C=O) groups excluding carboxylic acids is 1. The Labute approximate surface area is 171 Å².